The Bertz CT molecular complexity index is 542. The van der Waals surface area contributed by atoms with Gasteiger partial charge < -0.3 is 30.6 Å². The normalized spacial score (nSPS) is 19.0. The number of aliphatic hydroxyl groups is 6. The zero-order valence-electron chi connectivity index (χ0n) is 13.6. The van der Waals surface area contributed by atoms with Crippen LogP contribution in [0.5, 0.6) is 0 Å². The molecule has 130 valence electrons. The molecule has 0 saturated carbocycles. The molecule has 6 heteroatoms. The summed E-state index contributed by atoms with van der Waals surface area (Å²) in [7, 11) is 0. The van der Waals surface area contributed by atoms with E-state index >= 15 is 0 Å². The Balaban J connectivity index is 2.87. The van der Waals surface area contributed by atoms with Gasteiger partial charge in [0.2, 0.25) is 0 Å². The lowest BCUT2D eigenvalue weighted by molar-refractivity contribution is -0.132. The molecule has 1 aromatic rings. The molecule has 6 nitrogen and oxygen atoms in total. The third-order valence-corrected chi connectivity index (χ3v) is 3.98. The summed E-state index contributed by atoms with van der Waals surface area (Å²) >= 11 is 0. The van der Waals surface area contributed by atoms with Gasteiger partial charge in [0.25, 0.3) is 0 Å². The van der Waals surface area contributed by atoms with Gasteiger partial charge in [0.05, 0.1) is 6.10 Å². The standard InChI is InChI=1S/C17H26O6/c1-4-12(18)14(20)16(22)17(23)15(21)13(19)8-11-6-5-9(2)10(3)7-11/h5-8,12,14-23H,4H2,1-3H3/t12?,14-,15+,16+,17+/m0/s1. The Kier molecular flexibility index (Phi) is 7.18. The predicted molar refractivity (Wildman–Crippen MR) is 86.8 cm³/mol. The van der Waals surface area contributed by atoms with Gasteiger partial charge in [-0.15, -0.1) is 0 Å². The Labute approximate surface area is 136 Å². The molecule has 0 aliphatic rings. The molecular formula is C17H26O6. The second kappa shape index (κ2) is 8.42. The van der Waals surface area contributed by atoms with Crippen LogP contribution in [0.15, 0.2) is 24.0 Å². The minimum Gasteiger partial charge on any atom is -0.509 e. The van der Waals surface area contributed by atoms with Crippen LogP contribution < -0.4 is 0 Å². The van der Waals surface area contributed by atoms with Crippen molar-refractivity contribution in [1.29, 1.82) is 0 Å². The third-order valence-electron chi connectivity index (χ3n) is 3.98. The van der Waals surface area contributed by atoms with Gasteiger partial charge in [0, 0.05) is 0 Å². The number of hydrogen-bond acceptors (Lipinski definition) is 6. The zero-order chi connectivity index (χ0) is 17.7. The fourth-order valence-electron chi connectivity index (χ4n) is 2.14. The SMILES string of the molecule is CCC(O)[C@H](O)[C@@H](O)[C@H](O)[C@H](O)C(O)=Cc1ccc(C)c(C)c1. The van der Waals surface area contributed by atoms with Crippen LogP contribution in [0.3, 0.4) is 0 Å². The van der Waals surface area contributed by atoms with Crippen molar-refractivity contribution in [2.24, 2.45) is 0 Å². The molecular weight excluding hydrogens is 300 g/mol. The number of aryl methyl sites for hydroxylation is 2. The van der Waals surface area contributed by atoms with E-state index in [9.17, 15) is 30.6 Å². The van der Waals surface area contributed by atoms with Gasteiger partial charge in [-0.1, -0.05) is 25.1 Å². The minimum atomic E-state index is -1.84. The Hall–Kier alpha value is -1.44. The Morgan fingerprint density at radius 2 is 1.57 bits per heavy atom. The largest absolute Gasteiger partial charge is 0.509 e. The van der Waals surface area contributed by atoms with E-state index in [0.29, 0.717) is 5.56 Å². The molecule has 0 saturated heterocycles. The summed E-state index contributed by atoms with van der Waals surface area (Å²) in [6, 6.07) is 5.40. The second-order valence-corrected chi connectivity index (χ2v) is 5.81. The van der Waals surface area contributed by atoms with Gasteiger partial charge >= 0.3 is 0 Å². The van der Waals surface area contributed by atoms with Gasteiger partial charge in [-0.3, -0.25) is 0 Å². The van der Waals surface area contributed by atoms with Gasteiger partial charge in [-0.05, 0) is 43.0 Å². The van der Waals surface area contributed by atoms with Crippen LogP contribution in [-0.2, 0) is 0 Å². The quantitative estimate of drug-likeness (QED) is 0.404. The van der Waals surface area contributed by atoms with Crippen LogP contribution in [0.1, 0.15) is 30.0 Å². The van der Waals surface area contributed by atoms with E-state index in [1.54, 1.807) is 19.1 Å². The molecule has 23 heavy (non-hydrogen) atoms. The highest BCUT2D eigenvalue weighted by molar-refractivity contribution is 5.54. The van der Waals surface area contributed by atoms with Gasteiger partial charge in [0.1, 0.15) is 30.2 Å². The average molecular weight is 326 g/mol. The summed E-state index contributed by atoms with van der Waals surface area (Å²) in [5, 5.41) is 58.7. The average Bonchev–Trinajstić information content (AvgIpc) is 2.54. The van der Waals surface area contributed by atoms with Crippen LogP contribution in [0, 0.1) is 13.8 Å². The van der Waals surface area contributed by atoms with Crippen molar-refractivity contribution < 1.29 is 30.6 Å². The summed E-state index contributed by atoms with van der Waals surface area (Å²) < 4.78 is 0. The van der Waals surface area contributed by atoms with Gasteiger partial charge in [0.15, 0.2) is 0 Å². The fourth-order valence-corrected chi connectivity index (χ4v) is 2.14. The van der Waals surface area contributed by atoms with Gasteiger partial charge in [-0.2, -0.15) is 0 Å². The minimum absolute atomic E-state index is 0.172. The molecule has 0 aliphatic heterocycles. The number of benzene rings is 1. The van der Waals surface area contributed by atoms with Gasteiger partial charge in [-0.25, -0.2) is 0 Å². The van der Waals surface area contributed by atoms with E-state index in [2.05, 4.69) is 0 Å². The number of hydrogen-bond donors (Lipinski definition) is 6. The van der Waals surface area contributed by atoms with Crippen LogP contribution >= 0.6 is 0 Å². The maximum atomic E-state index is 9.92. The highest BCUT2D eigenvalue weighted by Gasteiger charge is 2.35. The van der Waals surface area contributed by atoms with E-state index in [-0.39, 0.29) is 6.42 Å². The zero-order valence-corrected chi connectivity index (χ0v) is 13.6. The summed E-state index contributed by atoms with van der Waals surface area (Å²) in [5.41, 5.74) is 2.71. The Morgan fingerprint density at radius 1 is 0.957 bits per heavy atom. The molecule has 0 bridgehead atoms. The van der Waals surface area contributed by atoms with Crippen molar-refractivity contribution in [3.05, 3.63) is 40.6 Å². The summed E-state index contributed by atoms with van der Waals surface area (Å²) in [6.07, 6.45) is -6.84. The molecule has 0 fully saturated rings. The van der Waals surface area contributed by atoms with Crippen molar-refractivity contribution >= 4 is 6.08 Å². The molecule has 0 heterocycles. The fraction of sp³-hybridized carbons (Fsp3) is 0.529. The van der Waals surface area contributed by atoms with Crippen LogP contribution in [0.2, 0.25) is 0 Å². The first-order valence-electron chi connectivity index (χ1n) is 7.57. The molecule has 0 aliphatic carbocycles. The lowest BCUT2D eigenvalue weighted by Gasteiger charge is -2.28. The molecule has 0 aromatic heterocycles. The van der Waals surface area contributed by atoms with Crippen molar-refractivity contribution in [1.82, 2.24) is 0 Å². The summed E-state index contributed by atoms with van der Waals surface area (Å²) in [4.78, 5) is 0. The molecule has 0 radical (unpaired) electrons. The van der Waals surface area contributed by atoms with Crippen molar-refractivity contribution in [3.8, 4) is 0 Å². The third kappa shape index (κ3) is 5.02. The first-order valence-corrected chi connectivity index (χ1v) is 7.57. The molecule has 0 amide bonds. The topological polar surface area (TPSA) is 121 Å². The molecule has 1 unspecified atom stereocenters. The van der Waals surface area contributed by atoms with E-state index in [4.69, 9.17) is 0 Å². The molecule has 1 rings (SSSR count). The summed E-state index contributed by atoms with van der Waals surface area (Å²) in [5.74, 6) is -0.544. The van der Waals surface area contributed by atoms with E-state index in [1.165, 1.54) is 6.08 Å². The predicted octanol–water partition coefficient (Wildman–Crippen LogP) is 0.417. The van der Waals surface area contributed by atoms with Crippen LogP contribution in [0.4, 0.5) is 0 Å². The molecule has 0 spiro atoms. The molecule has 6 N–H and O–H groups in total. The number of aliphatic hydroxyl groups excluding tert-OH is 6. The lowest BCUT2D eigenvalue weighted by Crippen LogP contribution is -2.49. The van der Waals surface area contributed by atoms with E-state index in [1.807, 2.05) is 19.9 Å². The maximum Gasteiger partial charge on any atom is 0.139 e. The van der Waals surface area contributed by atoms with Crippen molar-refractivity contribution in [2.45, 2.75) is 57.7 Å². The second-order valence-electron chi connectivity index (χ2n) is 5.81. The van der Waals surface area contributed by atoms with E-state index in [0.717, 1.165) is 11.1 Å². The van der Waals surface area contributed by atoms with Crippen LogP contribution in [0.25, 0.3) is 6.08 Å². The smallest absolute Gasteiger partial charge is 0.139 e. The lowest BCUT2D eigenvalue weighted by atomic mass is 9.96. The molecule has 1 aromatic carbocycles. The summed E-state index contributed by atoms with van der Waals surface area (Å²) in [6.45, 7) is 5.44. The highest BCUT2D eigenvalue weighted by Crippen LogP contribution is 2.17. The highest BCUT2D eigenvalue weighted by atomic mass is 16.4. The molecule has 5 atom stereocenters. The first-order chi connectivity index (χ1) is 10.7. The number of rotatable bonds is 7. The van der Waals surface area contributed by atoms with Crippen molar-refractivity contribution in [2.75, 3.05) is 0 Å². The van der Waals surface area contributed by atoms with Crippen molar-refractivity contribution in [3.63, 3.8) is 0 Å². The monoisotopic (exact) mass is 326 g/mol. The van der Waals surface area contributed by atoms with E-state index < -0.39 is 36.3 Å². The maximum absolute atomic E-state index is 9.92. The first kappa shape index (κ1) is 19.6. The van der Waals surface area contributed by atoms with Crippen LogP contribution in [-0.4, -0.2) is 61.2 Å². The Morgan fingerprint density at radius 3 is 2.09 bits per heavy atom.